The summed E-state index contributed by atoms with van der Waals surface area (Å²) >= 11 is 3.49. The van der Waals surface area contributed by atoms with Crippen LogP contribution in [0.4, 0.5) is 5.69 Å². The van der Waals surface area contributed by atoms with Crippen LogP contribution in [0.2, 0.25) is 0 Å². The number of benzene rings is 1. The highest BCUT2D eigenvalue weighted by molar-refractivity contribution is 9.10. The third kappa shape index (κ3) is 6.32. The van der Waals surface area contributed by atoms with Crippen LogP contribution in [0, 0.1) is 5.92 Å². The molecule has 24 heavy (non-hydrogen) atoms. The van der Waals surface area contributed by atoms with Crippen LogP contribution in [0.25, 0.3) is 0 Å². The summed E-state index contributed by atoms with van der Waals surface area (Å²) in [5.74, 6) is 1.53. The predicted octanol–water partition coefficient (Wildman–Crippen LogP) is 2.87. The van der Waals surface area contributed by atoms with Gasteiger partial charge in [0.05, 0.1) is 0 Å². The van der Waals surface area contributed by atoms with E-state index in [0.717, 1.165) is 56.2 Å². The summed E-state index contributed by atoms with van der Waals surface area (Å²) in [6.07, 6.45) is 2.18. The molecule has 1 heterocycles. The first-order chi connectivity index (χ1) is 11.7. The predicted molar refractivity (Wildman–Crippen MR) is 105 cm³/mol. The molecule has 0 aliphatic carbocycles. The zero-order valence-electron chi connectivity index (χ0n) is 14.7. The van der Waals surface area contributed by atoms with Gasteiger partial charge in [-0.05, 0) is 49.9 Å². The molecule has 0 spiro atoms. The first kappa shape index (κ1) is 19.1. The molecule has 1 saturated heterocycles. The van der Waals surface area contributed by atoms with E-state index in [9.17, 15) is 0 Å². The highest BCUT2D eigenvalue weighted by Crippen LogP contribution is 2.25. The third-order valence-corrected chi connectivity index (χ3v) is 4.68. The zero-order chi connectivity index (χ0) is 17.2. The van der Waals surface area contributed by atoms with Crippen molar-refractivity contribution in [1.82, 2.24) is 10.6 Å². The number of guanidine groups is 1. The standard InChI is InChI=1S/C18H29BrN4O/c1-3-20-18(21-10-4-12-24-2)22-13-15-9-11-23(14-15)17-7-5-16(19)6-8-17/h5-8,15H,3-4,9-14H2,1-2H3,(H2,20,21,22). The maximum absolute atomic E-state index is 5.08. The summed E-state index contributed by atoms with van der Waals surface area (Å²) < 4.78 is 6.20. The third-order valence-electron chi connectivity index (χ3n) is 4.15. The van der Waals surface area contributed by atoms with Gasteiger partial charge in [0, 0.05) is 56.6 Å². The lowest BCUT2D eigenvalue weighted by molar-refractivity contribution is 0.195. The van der Waals surface area contributed by atoms with Crippen LogP contribution in [-0.2, 0) is 4.74 Å². The maximum atomic E-state index is 5.08. The maximum Gasteiger partial charge on any atom is 0.191 e. The van der Waals surface area contributed by atoms with Gasteiger partial charge in [0.2, 0.25) is 0 Å². The molecule has 1 aromatic rings. The number of hydrogen-bond donors (Lipinski definition) is 2. The van der Waals surface area contributed by atoms with Crippen molar-refractivity contribution < 1.29 is 4.74 Å². The Labute approximate surface area is 154 Å². The van der Waals surface area contributed by atoms with Gasteiger partial charge in [0.25, 0.3) is 0 Å². The molecule has 2 rings (SSSR count). The molecule has 1 unspecified atom stereocenters. The number of halogens is 1. The van der Waals surface area contributed by atoms with Crippen LogP contribution in [0.1, 0.15) is 19.8 Å². The first-order valence-corrected chi connectivity index (χ1v) is 9.54. The summed E-state index contributed by atoms with van der Waals surface area (Å²) in [5.41, 5.74) is 1.30. The number of methoxy groups -OCH3 is 1. The Morgan fingerprint density at radius 3 is 2.83 bits per heavy atom. The molecule has 5 nitrogen and oxygen atoms in total. The van der Waals surface area contributed by atoms with Crippen LogP contribution in [0.5, 0.6) is 0 Å². The fourth-order valence-corrected chi connectivity index (χ4v) is 3.12. The second kappa shape index (κ2) is 10.6. The number of aliphatic imine (C=N–C) groups is 1. The number of nitrogens with zero attached hydrogens (tertiary/aromatic N) is 2. The second-order valence-corrected chi connectivity index (χ2v) is 6.99. The Hall–Kier alpha value is -1.27. The molecule has 0 bridgehead atoms. The van der Waals surface area contributed by atoms with Crippen molar-refractivity contribution in [2.24, 2.45) is 10.9 Å². The van der Waals surface area contributed by atoms with E-state index in [1.165, 1.54) is 12.1 Å². The van der Waals surface area contributed by atoms with Crippen LogP contribution < -0.4 is 15.5 Å². The summed E-state index contributed by atoms with van der Waals surface area (Å²) in [6, 6.07) is 8.57. The average molecular weight is 397 g/mol. The molecule has 0 amide bonds. The quantitative estimate of drug-likeness (QED) is 0.402. The van der Waals surface area contributed by atoms with E-state index in [-0.39, 0.29) is 0 Å². The van der Waals surface area contributed by atoms with Gasteiger partial charge in [-0.25, -0.2) is 0 Å². The summed E-state index contributed by atoms with van der Waals surface area (Å²) in [6.45, 7) is 7.69. The van der Waals surface area contributed by atoms with Crippen molar-refractivity contribution in [3.63, 3.8) is 0 Å². The van der Waals surface area contributed by atoms with Crippen molar-refractivity contribution in [3.05, 3.63) is 28.7 Å². The van der Waals surface area contributed by atoms with Gasteiger partial charge < -0.3 is 20.3 Å². The molecule has 134 valence electrons. The summed E-state index contributed by atoms with van der Waals surface area (Å²) in [7, 11) is 1.73. The molecular formula is C18H29BrN4O. The Balaban J connectivity index is 1.80. The molecular weight excluding hydrogens is 368 g/mol. The average Bonchev–Trinajstić information content (AvgIpc) is 3.06. The largest absolute Gasteiger partial charge is 0.385 e. The van der Waals surface area contributed by atoms with Crippen LogP contribution in [0.15, 0.2) is 33.7 Å². The van der Waals surface area contributed by atoms with Crippen LogP contribution in [0.3, 0.4) is 0 Å². The van der Waals surface area contributed by atoms with Gasteiger partial charge in [-0.15, -0.1) is 0 Å². The van der Waals surface area contributed by atoms with Gasteiger partial charge in [-0.3, -0.25) is 4.99 Å². The lowest BCUT2D eigenvalue weighted by Crippen LogP contribution is -2.38. The highest BCUT2D eigenvalue weighted by atomic mass is 79.9. The molecule has 0 radical (unpaired) electrons. The SMILES string of the molecule is CCNC(=NCC1CCN(c2ccc(Br)cc2)C1)NCCCOC. The van der Waals surface area contributed by atoms with E-state index in [1.54, 1.807) is 7.11 Å². The van der Waals surface area contributed by atoms with Gasteiger partial charge in [0.15, 0.2) is 5.96 Å². The van der Waals surface area contributed by atoms with Gasteiger partial charge >= 0.3 is 0 Å². The van der Waals surface area contributed by atoms with Gasteiger partial charge in [-0.2, -0.15) is 0 Å². The lowest BCUT2D eigenvalue weighted by Gasteiger charge is -2.18. The highest BCUT2D eigenvalue weighted by Gasteiger charge is 2.22. The molecule has 1 aliphatic rings. The van der Waals surface area contributed by atoms with Crippen LogP contribution >= 0.6 is 15.9 Å². The topological polar surface area (TPSA) is 48.9 Å². The van der Waals surface area contributed by atoms with Crippen molar-refractivity contribution in [2.75, 3.05) is 51.3 Å². The number of hydrogen-bond acceptors (Lipinski definition) is 3. The Morgan fingerprint density at radius 1 is 1.33 bits per heavy atom. The number of nitrogens with one attached hydrogen (secondary N) is 2. The van der Waals surface area contributed by atoms with E-state index < -0.39 is 0 Å². The monoisotopic (exact) mass is 396 g/mol. The van der Waals surface area contributed by atoms with Gasteiger partial charge in [-0.1, -0.05) is 15.9 Å². The molecule has 0 saturated carbocycles. The van der Waals surface area contributed by atoms with E-state index in [4.69, 9.17) is 9.73 Å². The van der Waals surface area contributed by atoms with Gasteiger partial charge in [0.1, 0.15) is 0 Å². The zero-order valence-corrected chi connectivity index (χ0v) is 16.3. The molecule has 0 aromatic heterocycles. The van der Waals surface area contributed by atoms with Crippen molar-refractivity contribution in [1.29, 1.82) is 0 Å². The van der Waals surface area contributed by atoms with Crippen LogP contribution in [-0.4, -0.2) is 52.4 Å². The molecule has 1 fully saturated rings. The second-order valence-electron chi connectivity index (χ2n) is 6.07. The minimum atomic E-state index is 0.614. The minimum Gasteiger partial charge on any atom is -0.385 e. The number of rotatable bonds is 8. The fourth-order valence-electron chi connectivity index (χ4n) is 2.85. The number of anilines is 1. The molecule has 2 N–H and O–H groups in total. The Kier molecular flexibility index (Phi) is 8.39. The van der Waals surface area contributed by atoms with E-state index >= 15 is 0 Å². The van der Waals surface area contributed by atoms with E-state index in [1.807, 2.05) is 0 Å². The Bertz CT molecular complexity index is 506. The normalized spacial score (nSPS) is 18.0. The van der Waals surface area contributed by atoms with Crippen molar-refractivity contribution >= 4 is 27.6 Å². The first-order valence-electron chi connectivity index (χ1n) is 8.74. The molecule has 1 atom stereocenters. The summed E-state index contributed by atoms with van der Waals surface area (Å²) in [4.78, 5) is 7.20. The smallest absolute Gasteiger partial charge is 0.191 e. The molecule has 1 aliphatic heterocycles. The summed E-state index contributed by atoms with van der Waals surface area (Å²) in [5, 5.41) is 6.68. The van der Waals surface area contributed by atoms with Crippen molar-refractivity contribution in [2.45, 2.75) is 19.8 Å². The van der Waals surface area contributed by atoms with E-state index in [2.05, 4.69) is 62.7 Å². The molecule has 1 aromatic carbocycles. The number of ether oxygens (including phenoxy) is 1. The minimum absolute atomic E-state index is 0.614. The Morgan fingerprint density at radius 2 is 2.12 bits per heavy atom. The lowest BCUT2D eigenvalue weighted by atomic mass is 10.1. The molecule has 6 heteroatoms. The van der Waals surface area contributed by atoms with E-state index in [0.29, 0.717) is 5.92 Å². The fraction of sp³-hybridized carbons (Fsp3) is 0.611. The van der Waals surface area contributed by atoms with Crippen molar-refractivity contribution in [3.8, 4) is 0 Å².